The molecular weight excluding hydrogens is 717 g/mol. The summed E-state index contributed by atoms with van der Waals surface area (Å²) in [6.45, 7) is 0. The summed E-state index contributed by atoms with van der Waals surface area (Å²) in [5.41, 5.74) is 11.3. The second-order valence-electron chi connectivity index (χ2n) is 15.0. The maximum atomic E-state index is 6.73. The minimum Gasteiger partial charge on any atom is -0.456 e. The van der Waals surface area contributed by atoms with Gasteiger partial charge in [-0.3, -0.25) is 16.0 Å². The van der Waals surface area contributed by atoms with E-state index in [1.165, 1.54) is 64.2 Å². The molecule has 3 N–H and O–H groups in total. The topological polar surface area (TPSA) is 54.2 Å². The number of furan rings is 1. The van der Waals surface area contributed by atoms with E-state index < -0.39 is 0 Å². The highest BCUT2D eigenvalue weighted by molar-refractivity contribution is 7.26. The molecule has 4 heterocycles. The minimum absolute atomic E-state index is 0.0444. The Bertz CT molecular complexity index is 3210. The number of nitrogens with one attached hydrogen (secondary N) is 3. The van der Waals surface area contributed by atoms with Gasteiger partial charge in [0.1, 0.15) is 11.2 Å². The average molecular weight is 753 g/mol. The lowest BCUT2D eigenvalue weighted by molar-refractivity contribution is 0.203. The van der Waals surface area contributed by atoms with E-state index in [0.29, 0.717) is 0 Å². The molecule has 8 aromatic carbocycles. The van der Waals surface area contributed by atoms with Crippen molar-refractivity contribution in [3.63, 3.8) is 0 Å². The van der Waals surface area contributed by atoms with Gasteiger partial charge in [-0.05, 0) is 76.3 Å². The first-order valence-corrected chi connectivity index (χ1v) is 20.3. The van der Waals surface area contributed by atoms with Gasteiger partial charge in [-0.2, -0.15) is 0 Å². The maximum absolute atomic E-state index is 6.73. The first-order chi connectivity index (χ1) is 28.2. The normalized spacial score (nSPS) is 17.4. The Kier molecular flexibility index (Phi) is 7.46. The molecule has 0 amide bonds. The van der Waals surface area contributed by atoms with Crippen molar-refractivity contribution < 1.29 is 4.42 Å². The largest absolute Gasteiger partial charge is 0.456 e. The summed E-state index contributed by atoms with van der Waals surface area (Å²) in [6, 6.07) is 65.5. The molecule has 0 radical (unpaired) electrons. The van der Waals surface area contributed by atoms with Crippen LogP contribution < -0.4 is 16.0 Å². The Morgan fingerprint density at radius 3 is 1.68 bits per heavy atom. The summed E-state index contributed by atoms with van der Waals surface area (Å²) in [7, 11) is 0. The van der Waals surface area contributed by atoms with Crippen LogP contribution in [0.25, 0.3) is 80.7 Å². The Labute approximate surface area is 332 Å². The highest BCUT2D eigenvalue weighted by atomic mass is 32.1. The number of thiophene rings is 1. The second-order valence-corrected chi connectivity index (χ2v) is 16.1. The number of fused-ring (bicyclic) bond motifs is 9. The highest BCUT2D eigenvalue weighted by Crippen LogP contribution is 2.45. The smallest absolute Gasteiger partial charge is 0.136 e. The van der Waals surface area contributed by atoms with Crippen LogP contribution in [0.5, 0.6) is 0 Å². The van der Waals surface area contributed by atoms with Crippen molar-refractivity contribution in [1.82, 2.24) is 20.5 Å². The van der Waals surface area contributed by atoms with E-state index in [2.05, 4.69) is 203 Å². The SMILES string of the molecule is c1ccc(C2NC(c3ccccc3)NC(c3ccc4c(c3)oc3cccc(-c5cccc6sc7ccc(-n8c9ccccc9c9ccccc98)cc7c56)c34)N2)cc1. The molecule has 1 aliphatic rings. The first-order valence-electron chi connectivity index (χ1n) is 19.5. The van der Waals surface area contributed by atoms with Gasteiger partial charge in [0, 0.05) is 47.4 Å². The summed E-state index contributed by atoms with van der Waals surface area (Å²) >= 11 is 1.86. The summed E-state index contributed by atoms with van der Waals surface area (Å²) in [6.07, 6.45) is -0.206. The molecule has 3 aromatic heterocycles. The molecule has 12 rings (SSSR count). The molecule has 0 saturated carbocycles. The van der Waals surface area contributed by atoms with Crippen LogP contribution in [0.4, 0.5) is 0 Å². The van der Waals surface area contributed by atoms with Gasteiger partial charge in [-0.25, -0.2) is 0 Å². The average Bonchev–Trinajstić information content (AvgIpc) is 3.96. The molecule has 1 aliphatic heterocycles. The zero-order valence-corrected chi connectivity index (χ0v) is 31.6. The third kappa shape index (κ3) is 5.27. The Morgan fingerprint density at radius 1 is 0.404 bits per heavy atom. The van der Waals surface area contributed by atoms with Gasteiger partial charge in [0.05, 0.1) is 29.5 Å². The standard InChI is InChI=1S/C51H36N4OS/c1-3-13-31(14-4-1)49-52-50(32-15-5-2-6-16-32)54-51(53-49)33-25-27-39-44(29-33)56-43-23-11-19-37(47(39)43)38-20-12-24-46-48(38)40-30-34(26-28-45(40)57-46)55-41-21-9-7-17-35(41)36-18-8-10-22-42(36)55/h1-30,49-54H. The lowest BCUT2D eigenvalue weighted by Crippen LogP contribution is -2.54. The van der Waals surface area contributed by atoms with Crippen molar-refractivity contribution in [3.8, 4) is 16.8 Å². The number of rotatable bonds is 5. The molecular formula is C51H36N4OS. The number of benzene rings is 8. The summed E-state index contributed by atoms with van der Waals surface area (Å²) in [5, 5.41) is 18.8. The fraction of sp³-hybridized carbons (Fsp3) is 0.0588. The van der Waals surface area contributed by atoms with Crippen molar-refractivity contribution in [1.29, 1.82) is 0 Å². The van der Waals surface area contributed by atoms with Gasteiger partial charge >= 0.3 is 0 Å². The van der Waals surface area contributed by atoms with E-state index in [1.54, 1.807) is 0 Å². The van der Waals surface area contributed by atoms with E-state index in [4.69, 9.17) is 4.42 Å². The van der Waals surface area contributed by atoms with Crippen LogP contribution >= 0.6 is 11.3 Å². The van der Waals surface area contributed by atoms with E-state index in [-0.39, 0.29) is 18.5 Å². The van der Waals surface area contributed by atoms with E-state index >= 15 is 0 Å². The molecule has 0 spiro atoms. The number of aromatic nitrogens is 1. The Hall–Kier alpha value is -6.54. The van der Waals surface area contributed by atoms with Gasteiger partial charge in [0.25, 0.3) is 0 Å². The zero-order chi connectivity index (χ0) is 37.5. The van der Waals surface area contributed by atoms with Crippen LogP contribution in [0.15, 0.2) is 186 Å². The fourth-order valence-electron chi connectivity index (χ4n) is 9.14. The predicted octanol–water partition coefficient (Wildman–Crippen LogP) is 12.9. The van der Waals surface area contributed by atoms with Crippen LogP contribution in [-0.2, 0) is 0 Å². The van der Waals surface area contributed by atoms with Gasteiger partial charge in [0.15, 0.2) is 0 Å². The maximum Gasteiger partial charge on any atom is 0.136 e. The second kappa shape index (κ2) is 13.0. The van der Waals surface area contributed by atoms with Crippen molar-refractivity contribution in [2.24, 2.45) is 0 Å². The molecule has 1 saturated heterocycles. The molecule has 0 bridgehead atoms. The number of hydrogen-bond acceptors (Lipinski definition) is 5. The molecule has 11 aromatic rings. The summed E-state index contributed by atoms with van der Waals surface area (Å²) in [5.74, 6) is 0. The molecule has 272 valence electrons. The molecule has 2 unspecified atom stereocenters. The lowest BCUT2D eigenvalue weighted by atomic mass is 9.95. The van der Waals surface area contributed by atoms with Crippen LogP contribution in [0.3, 0.4) is 0 Å². The van der Waals surface area contributed by atoms with Gasteiger partial charge in [0.2, 0.25) is 0 Å². The number of para-hydroxylation sites is 2. The molecule has 0 aliphatic carbocycles. The molecule has 1 fully saturated rings. The summed E-state index contributed by atoms with van der Waals surface area (Å²) in [4.78, 5) is 0. The number of hydrogen-bond donors (Lipinski definition) is 3. The van der Waals surface area contributed by atoms with Crippen LogP contribution in [0, 0.1) is 0 Å². The first kappa shape index (κ1) is 32.7. The molecule has 6 heteroatoms. The van der Waals surface area contributed by atoms with Crippen molar-refractivity contribution in [2.45, 2.75) is 18.5 Å². The lowest BCUT2D eigenvalue weighted by Gasteiger charge is -2.39. The van der Waals surface area contributed by atoms with E-state index in [1.807, 2.05) is 11.3 Å². The van der Waals surface area contributed by atoms with Crippen LogP contribution in [0.2, 0.25) is 0 Å². The Morgan fingerprint density at radius 2 is 1.00 bits per heavy atom. The van der Waals surface area contributed by atoms with Gasteiger partial charge in [-0.15, -0.1) is 11.3 Å². The van der Waals surface area contributed by atoms with Crippen LogP contribution in [0.1, 0.15) is 35.2 Å². The van der Waals surface area contributed by atoms with Crippen molar-refractivity contribution >= 4 is 75.3 Å². The monoisotopic (exact) mass is 752 g/mol. The zero-order valence-electron chi connectivity index (χ0n) is 30.8. The predicted molar refractivity (Wildman–Crippen MR) is 237 cm³/mol. The Balaban J connectivity index is 0.987. The van der Waals surface area contributed by atoms with Crippen molar-refractivity contribution in [2.75, 3.05) is 0 Å². The number of nitrogens with zero attached hydrogens (tertiary/aromatic N) is 1. The van der Waals surface area contributed by atoms with E-state index in [9.17, 15) is 0 Å². The highest BCUT2D eigenvalue weighted by Gasteiger charge is 2.30. The molecule has 5 nitrogen and oxygen atoms in total. The minimum atomic E-state index is -0.117. The fourth-order valence-corrected chi connectivity index (χ4v) is 10.3. The molecule has 2 atom stereocenters. The third-order valence-corrected chi connectivity index (χ3v) is 12.9. The quantitative estimate of drug-likeness (QED) is 0.164. The van der Waals surface area contributed by atoms with Crippen LogP contribution in [-0.4, -0.2) is 4.57 Å². The van der Waals surface area contributed by atoms with Gasteiger partial charge < -0.3 is 8.98 Å². The van der Waals surface area contributed by atoms with E-state index in [0.717, 1.165) is 33.2 Å². The van der Waals surface area contributed by atoms with Crippen molar-refractivity contribution in [3.05, 3.63) is 199 Å². The van der Waals surface area contributed by atoms with Gasteiger partial charge in [-0.1, -0.05) is 133 Å². The molecule has 57 heavy (non-hydrogen) atoms. The summed E-state index contributed by atoms with van der Waals surface area (Å²) < 4.78 is 11.7. The third-order valence-electron chi connectivity index (χ3n) is 11.7.